The zero-order chi connectivity index (χ0) is 18.0. The van der Waals surface area contributed by atoms with Gasteiger partial charge in [0.05, 0.1) is 15.1 Å². The number of primary sulfonamides is 1. The van der Waals surface area contributed by atoms with E-state index in [1.54, 1.807) is 12.1 Å². The number of aromatic nitrogens is 1. The maximum absolute atomic E-state index is 12.5. The molecule has 1 aliphatic rings. The number of nitrogens with two attached hydrogens (primary N) is 1. The Labute approximate surface area is 151 Å². The molecule has 0 radical (unpaired) electrons. The lowest BCUT2D eigenvalue weighted by atomic mass is 9.89. The quantitative estimate of drug-likeness (QED) is 0.882. The van der Waals surface area contributed by atoms with E-state index < -0.39 is 10.0 Å². The lowest BCUT2D eigenvalue weighted by Gasteiger charge is -2.17. The highest BCUT2D eigenvalue weighted by Gasteiger charge is 2.21. The number of carbonyl (C=O) groups is 1. The van der Waals surface area contributed by atoms with Gasteiger partial charge in [0.15, 0.2) is 4.80 Å². The van der Waals surface area contributed by atoms with E-state index in [1.165, 1.54) is 23.8 Å². The Morgan fingerprint density at radius 3 is 2.68 bits per heavy atom. The molecule has 1 aliphatic carbocycles. The second-order valence-electron chi connectivity index (χ2n) is 6.50. The number of nitrogens with zero attached hydrogens (tertiary/aromatic N) is 2. The molecule has 1 heterocycles. The Morgan fingerprint density at radius 2 is 2.04 bits per heavy atom. The highest BCUT2D eigenvalue weighted by atomic mass is 32.2. The Bertz CT molecular complexity index is 951. The van der Waals surface area contributed by atoms with Crippen molar-refractivity contribution in [2.75, 3.05) is 0 Å². The van der Waals surface area contributed by atoms with Gasteiger partial charge >= 0.3 is 0 Å². The zero-order valence-corrected chi connectivity index (χ0v) is 15.9. The molecular formula is C17H23N3O3S2. The van der Waals surface area contributed by atoms with Gasteiger partial charge < -0.3 is 4.57 Å². The van der Waals surface area contributed by atoms with Gasteiger partial charge in [-0.25, -0.2) is 13.6 Å². The Morgan fingerprint density at radius 1 is 1.32 bits per heavy atom. The first-order chi connectivity index (χ1) is 11.9. The van der Waals surface area contributed by atoms with Crippen molar-refractivity contribution in [3.63, 3.8) is 0 Å². The minimum atomic E-state index is -3.75. The van der Waals surface area contributed by atoms with Gasteiger partial charge in [0.25, 0.3) is 5.91 Å². The number of carbonyl (C=O) groups excluding carboxylic acids is 1. The number of sulfonamides is 1. The average molecular weight is 382 g/mol. The number of hydrogen-bond donors (Lipinski definition) is 1. The lowest BCUT2D eigenvalue weighted by molar-refractivity contribution is -0.122. The molecule has 3 rings (SSSR count). The van der Waals surface area contributed by atoms with Crippen molar-refractivity contribution in [1.82, 2.24) is 4.57 Å². The van der Waals surface area contributed by atoms with Crippen LogP contribution >= 0.6 is 11.3 Å². The van der Waals surface area contributed by atoms with E-state index in [9.17, 15) is 13.2 Å². The summed E-state index contributed by atoms with van der Waals surface area (Å²) in [4.78, 5) is 17.6. The molecule has 2 aromatic rings. The summed E-state index contributed by atoms with van der Waals surface area (Å²) in [6, 6.07) is 4.81. The van der Waals surface area contributed by atoms with Crippen LogP contribution in [-0.4, -0.2) is 18.9 Å². The highest BCUT2D eigenvalue weighted by Crippen LogP contribution is 2.25. The number of rotatable bonds is 4. The maximum Gasteiger partial charge on any atom is 0.251 e. The Kier molecular flexibility index (Phi) is 5.41. The van der Waals surface area contributed by atoms with Crippen LogP contribution in [0.1, 0.15) is 45.4 Å². The van der Waals surface area contributed by atoms with Gasteiger partial charge in [-0.2, -0.15) is 4.99 Å². The third-order valence-electron chi connectivity index (χ3n) is 4.59. The SMILES string of the molecule is CCCn1c(=NC(=O)C2CCCCC2)sc2cc(S(N)(=O)=O)ccc21. The molecule has 1 fully saturated rings. The van der Waals surface area contributed by atoms with Gasteiger partial charge in [-0.3, -0.25) is 4.79 Å². The van der Waals surface area contributed by atoms with E-state index in [2.05, 4.69) is 11.9 Å². The van der Waals surface area contributed by atoms with Crippen LogP contribution in [0.25, 0.3) is 10.2 Å². The zero-order valence-electron chi connectivity index (χ0n) is 14.3. The Balaban J connectivity index is 2.08. The number of benzene rings is 1. The maximum atomic E-state index is 12.5. The van der Waals surface area contributed by atoms with Crippen LogP contribution in [0.4, 0.5) is 0 Å². The molecule has 0 atom stereocenters. The van der Waals surface area contributed by atoms with Gasteiger partial charge in [0.2, 0.25) is 10.0 Å². The molecule has 1 aromatic carbocycles. The van der Waals surface area contributed by atoms with E-state index in [1.807, 2.05) is 4.57 Å². The van der Waals surface area contributed by atoms with Crippen molar-refractivity contribution >= 4 is 37.5 Å². The third kappa shape index (κ3) is 4.02. The third-order valence-corrected chi connectivity index (χ3v) is 6.54. The van der Waals surface area contributed by atoms with Crippen molar-refractivity contribution in [2.24, 2.45) is 16.0 Å². The number of thiazole rings is 1. The summed E-state index contributed by atoms with van der Waals surface area (Å²) in [5, 5.41) is 5.22. The molecule has 1 aromatic heterocycles. The molecule has 0 saturated heterocycles. The van der Waals surface area contributed by atoms with Crippen molar-refractivity contribution in [2.45, 2.75) is 56.9 Å². The largest absolute Gasteiger partial charge is 0.316 e. The number of amides is 1. The molecule has 0 unspecified atom stereocenters. The summed E-state index contributed by atoms with van der Waals surface area (Å²) in [7, 11) is -3.75. The first-order valence-electron chi connectivity index (χ1n) is 8.65. The molecule has 0 aliphatic heterocycles. The summed E-state index contributed by atoms with van der Waals surface area (Å²) < 4.78 is 25.9. The summed E-state index contributed by atoms with van der Waals surface area (Å²) in [5.74, 6) is -0.0307. The highest BCUT2D eigenvalue weighted by molar-refractivity contribution is 7.89. The van der Waals surface area contributed by atoms with E-state index in [4.69, 9.17) is 5.14 Å². The van der Waals surface area contributed by atoms with Crippen LogP contribution in [0, 0.1) is 5.92 Å². The van der Waals surface area contributed by atoms with Crippen LogP contribution in [0.5, 0.6) is 0 Å². The minimum absolute atomic E-state index is 0.0222. The van der Waals surface area contributed by atoms with Crippen molar-refractivity contribution in [3.8, 4) is 0 Å². The molecule has 0 spiro atoms. The second-order valence-corrected chi connectivity index (χ2v) is 9.07. The van der Waals surface area contributed by atoms with Gasteiger partial charge in [0.1, 0.15) is 0 Å². The fourth-order valence-electron chi connectivity index (χ4n) is 3.29. The van der Waals surface area contributed by atoms with E-state index >= 15 is 0 Å². The fourth-order valence-corrected chi connectivity index (χ4v) is 5.01. The first-order valence-corrected chi connectivity index (χ1v) is 11.0. The van der Waals surface area contributed by atoms with Gasteiger partial charge in [-0.15, -0.1) is 0 Å². The summed E-state index contributed by atoms with van der Waals surface area (Å²) in [5.41, 5.74) is 0.884. The van der Waals surface area contributed by atoms with Gasteiger partial charge in [-0.1, -0.05) is 37.5 Å². The predicted molar refractivity (Wildman–Crippen MR) is 98.6 cm³/mol. The molecule has 136 valence electrons. The molecule has 1 saturated carbocycles. The first kappa shape index (κ1) is 18.3. The molecule has 6 nitrogen and oxygen atoms in total. The average Bonchev–Trinajstić information content (AvgIpc) is 2.92. The van der Waals surface area contributed by atoms with Crippen LogP contribution < -0.4 is 9.94 Å². The molecule has 25 heavy (non-hydrogen) atoms. The minimum Gasteiger partial charge on any atom is -0.316 e. The van der Waals surface area contributed by atoms with Gasteiger partial charge in [-0.05, 0) is 37.5 Å². The molecular weight excluding hydrogens is 358 g/mol. The van der Waals surface area contributed by atoms with Crippen LogP contribution in [-0.2, 0) is 21.4 Å². The predicted octanol–water partition coefficient (Wildman–Crippen LogP) is 2.77. The number of hydrogen-bond acceptors (Lipinski definition) is 4. The molecule has 0 bridgehead atoms. The number of fused-ring (bicyclic) bond motifs is 1. The topological polar surface area (TPSA) is 94.5 Å². The van der Waals surface area contributed by atoms with Crippen molar-refractivity contribution < 1.29 is 13.2 Å². The monoisotopic (exact) mass is 381 g/mol. The van der Waals surface area contributed by atoms with E-state index in [0.717, 1.165) is 48.9 Å². The van der Waals surface area contributed by atoms with E-state index in [0.29, 0.717) is 4.80 Å². The molecule has 2 N–H and O–H groups in total. The summed E-state index contributed by atoms with van der Waals surface area (Å²) >= 11 is 1.34. The normalized spacial score (nSPS) is 17.3. The lowest BCUT2D eigenvalue weighted by Crippen LogP contribution is -2.22. The summed E-state index contributed by atoms with van der Waals surface area (Å²) in [6.07, 6.45) is 6.09. The molecule has 1 amide bonds. The second kappa shape index (κ2) is 7.39. The number of aryl methyl sites for hydroxylation is 1. The van der Waals surface area contributed by atoms with Crippen molar-refractivity contribution in [3.05, 3.63) is 23.0 Å². The summed E-state index contributed by atoms with van der Waals surface area (Å²) in [6.45, 7) is 2.79. The van der Waals surface area contributed by atoms with E-state index in [-0.39, 0.29) is 16.7 Å². The Hall–Kier alpha value is -1.51. The van der Waals surface area contributed by atoms with Crippen LogP contribution in [0.15, 0.2) is 28.1 Å². The fraction of sp³-hybridized carbons (Fsp3) is 0.529. The van der Waals surface area contributed by atoms with Gasteiger partial charge in [0, 0.05) is 12.5 Å². The molecule has 8 heteroatoms. The van der Waals surface area contributed by atoms with Crippen LogP contribution in [0.2, 0.25) is 0 Å². The van der Waals surface area contributed by atoms with Crippen molar-refractivity contribution in [1.29, 1.82) is 0 Å². The smallest absolute Gasteiger partial charge is 0.251 e. The standard InChI is InChI=1S/C17H23N3O3S2/c1-2-10-20-14-9-8-13(25(18,22)23)11-15(14)24-17(20)19-16(21)12-6-4-3-5-7-12/h8-9,11-12H,2-7,10H2,1H3,(H2,18,22,23). The van der Waals surface area contributed by atoms with Crippen LogP contribution in [0.3, 0.4) is 0 Å².